The highest BCUT2D eigenvalue weighted by Gasteiger charge is 2.33. The minimum Gasteiger partial charge on any atom is -0.508 e. The van der Waals surface area contributed by atoms with E-state index in [1.807, 2.05) is 6.08 Å². The Hall–Kier alpha value is -2.95. The van der Waals surface area contributed by atoms with Crippen molar-refractivity contribution in [2.45, 2.75) is 52.6 Å². The van der Waals surface area contributed by atoms with Crippen molar-refractivity contribution in [3.05, 3.63) is 58.7 Å². The summed E-state index contributed by atoms with van der Waals surface area (Å²) in [6.45, 7) is 6.41. The lowest BCUT2D eigenvalue weighted by molar-refractivity contribution is 0.0842. The Kier molecular flexibility index (Phi) is 6.16. The largest absolute Gasteiger partial charge is 0.508 e. The first-order chi connectivity index (χ1) is 13.8. The lowest BCUT2D eigenvalue weighted by Gasteiger charge is -2.28. The Balaban J connectivity index is 1.94. The second kappa shape index (κ2) is 8.60. The van der Waals surface area contributed by atoms with E-state index in [-0.39, 0.29) is 40.8 Å². The Morgan fingerprint density at radius 3 is 2.52 bits per heavy atom. The van der Waals surface area contributed by atoms with Gasteiger partial charge in [0.15, 0.2) is 5.78 Å². The highest BCUT2D eigenvalue weighted by molar-refractivity contribution is 6.03. The summed E-state index contributed by atoms with van der Waals surface area (Å²) in [6, 6.07) is 7.71. The molecule has 1 atom stereocenters. The van der Waals surface area contributed by atoms with Gasteiger partial charge < -0.3 is 20.1 Å². The molecule has 0 amide bonds. The van der Waals surface area contributed by atoms with E-state index >= 15 is 0 Å². The summed E-state index contributed by atoms with van der Waals surface area (Å²) >= 11 is 0. The molecular weight excluding hydrogens is 368 g/mol. The van der Waals surface area contributed by atoms with Crippen LogP contribution < -0.4 is 4.74 Å². The van der Waals surface area contributed by atoms with E-state index in [2.05, 4.69) is 20.8 Å². The minimum atomic E-state index is -0.540. The molecule has 0 saturated heterocycles. The van der Waals surface area contributed by atoms with Gasteiger partial charge in [-0.05, 0) is 49.8 Å². The highest BCUT2D eigenvalue weighted by Crippen LogP contribution is 2.45. The Labute approximate surface area is 171 Å². The first-order valence-electron chi connectivity index (χ1n) is 9.98. The Morgan fingerprint density at radius 2 is 1.86 bits per heavy atom. The van der Waals surface area contributed by atoms with E-state index in [1.165, 1.54) is 11.6 Å². The van der Waals surface area contributed by atoms with Crippen LogP contribution in [0.3, 0.4) is 0 Å². The van der Waals surface area contributed by atoms with Gasteiger partial charge in [0, 0.05) is 11.6 Å². The third kappa shape index (κ3) is 4.73. The molecule has 0 radical (unpaired) electrons. The summed E-state index contributed by atoms with van der Waals surface area (Å²) in [4.78, 5) is 12.7. The molecule has 0 spiro atoms. The molecule has 5 nitrogen and oxygen atoms in total. The summed E-state index contributed by atoms with van der Waals surface area (Å²) in [6.07, 6.45) is 4.04. The number of carbonyl (C=O) groups is 1. The molecule has 0 saturated carbocycles. The van der Waals surface area contributed by atoms with Gasteiger partial charge in [-0.3, -0.25) is 4.79 Å². The predicted octanol–water partition coefficient (Wildman–Crippen LogP) is 5.43. The number of phenolic OH excluding ortho intramolecular Hbond substituents is 3. The zero-order chi connectivity index (χ0) is 21.1. The second-order valence-corrected chi connectivity index (χ2v) is 8.11. The molecule has 0 fully saturated rings. The Morgan fingerprint density at radius 1 is 1.17 bits per heavy atom. The fourth-order valence-corrected chi connectivity index (χ4v) is 3.49. The normalized spacial score (nSPS) is 16.6. The molecule has 2 aromatic rings. The number of hydrogen-bond acceptors (Lipinski definition) is 5. The molecular formula is C24H28O5. The number of aromatic hydroxyl groups is 3. The molecule has 5 heteroatoms. The Bertz CT molecular complexity index is 925. The van der Waals surface area contributed by atoms with Gasteiger partial charge in [0.05, 0.1) is 6.42 Å². The number of rotatable bonds is 6. The summed E-state index contributed by atoms with van der Waals surface area (Å²) in [5.41, 5.74) is 2.58. The maximum atomic E-state index is 12.7. The third-order valence-electron chi connectivity index (χ3n) is 5.29. The smallest absolute Gasteiger partial charge is 0.174 e. The number of ketones is 1. The van der Waals surface area contributed by atoms with Gasteiger partial charge in [-0.15, -0.1) is 0 Å². The van der Waals surface area contributed by atoms with E-state index in [0.29, 0.717) is 17.9 Å². The maximum absolute atomic E-state index is 12.7. The van der Waals surface area contributed by atoms with E-state index < -0.39 is 6.10 Å². The molecule has 2 aromatic carbocycles. The van der Waals surface area contributed by atoms with Crippen molar-refractivity contribution in [3.63, 3.8) is 0 Å². The van der Waals surface area contributed by atoms with Crippen LogP contribution in [0.5, 0.6) is 23.0 Å². The molecule has 3 rings (SSSR count). The van der Waals surface area contributed by atoms with Crippen LogP contribution in [0, 0.1) is 5.92 Å². The number of allylic oxidation sites excluding steroid dienone is 2. The van der Waals surface area contributed by atoms with Crippen LogP contribution in [0.1, 0.15) is 67.6 Å². The van der Waals surface area contributed by atoms with Crippen LogP contribution in [-0.4, -0.2) is 21.1 Å². The van der Waals surface area contributed by atoms with Gasteiger partial charge >= 0.3 is 0 Å². The van der Waals surface area contributed by atoms with Crippen molar-refractivity contribution in [2.24, 2.45) is 5.92 Å². The monoisotopic (exact) mass is 396 g/mol. The fourth-order valence-electron chi connectivity index (χ4n) is 3.49. The van der Waals surface area contributed by atoms with Gasteiger partial charge in [0.25, 0.3) is 0 Å². The molecule has 1 heterocycles. The van der Waals surface area contributed by atoms with Crippen molar-refractivity contribution in [3.8, 4) is 23.0 Å². The molecule has 154 valence electrons. The van der Waals surface area contributed by atoms with Crippen LogP contribution in [0.25, 0.3) is 0 Å². The minimum absolute atomic E-state index is 0.0821. The SMILES string of the molecule is C/C(=C\Cc1c(O)cc(O)c2c1O[C@H](c1ccc(O)cc1)CC2=O)CCC(C)C. The number of hydrogen-bond donors (Lipinski definition) is 3. The lowest BCUT2D eigenvalue weighted by Crippen LogP contribution is -2.21. The van der Waals surface area contributed by atoms with Crippen molar-refractivity contribution in [1.82, 2.24) is 0 Å². The van der Waals surface area contributed by atoms with E-state index in [4.69, 9.17) is 4.74 Å². The fraction of sp³-hybridized carbons (Fsp3) is 0.375. The second-order valence-electron chi connectivity index (χ2n) is 8.11. The summed E-state index contributed by atoms with van der Waals surface area (Å²) in [7, 11) is 0. The molecule has 1 aliphatic heterocycles. The lowest BCUT2D eigenvalue weighted by atomic mass is 9.92. The molecule has 0 aromatic heterocycles. The maximum Gasteiger partial charge on any atom is 0.174 e. The van der Waals surface area contributed by atoms with Crippen molar-refractivity contribution in [1.29, 1.82) is 0 Å². The average molecular weight is 396 g/mol. The molecule has 0 bridgehead atoms. The van der Waals surface area contributed by atoms with Gasteiger partial charge in [-0.25, -0.2) is 0 Å². The van der Waals surface area contributed by atoms with Gasteiger partial charge in [0.2, 0.25) is 0 Å². The zero-order valence-electron chi connectivity index (χ0n) is 17.1. The molecule has 3 N–H and O–H groups in total. The third-order valence-corrected chi connectivity index (χ3v) is 5.29. The van der Waals surface area contributed by atoms with Crippen LogP contribution >= 0.6 is 0 Å². The zero-order valence-corrected chi connectivity index (χ0v) is 17.1. The van der Waals surface area contributed by atoms with E-state index in [1.54, 1.807) is 24.3 Å². The van der Waals surface area contributed by atoms with Crippen LogP contribution in [0.2, 0.25) is 0 Å². The summed E-state index contributed by atoms with van der Waals surface area (Å²) < 4.78 is 6.10. The molecule has 29 heavy (non-hydrogen) atoms. The summed E-state index contributed by atoms with van der Waals surface area (Å²) in [5, 5.41) is 30.2. The van der Waals surface area contributed by atoms with Crippen LogP contribution in [0.4, 0.5) is 0 Å². The van der Waals surface area contributed by atoms with Gasteiger partial charge in [-0.1, -0.05) is 37.6 Å². The predicted molar refractivity (Wildman–Crippen MR) is 112 cm³/mol. The van der Waals surface area contributed by atoms with Gasteiger partial charge in [-0.2, -0.15) is 0 Å². The van der Waals surface area contributed by atoms with Crippen LogP contribution in [0.15, 0.2) is 42.0 Å². The number of benzene rings is 2. The van der Waals surface area contributed by atoms with E-state index in [0.717, 1.165) is 18.4 Å². The summed E-state index contributed by atoms with van der Waals surface area (Å²) in [5.74, 6) is 0.395. The molecule has 0 unspecified atom stereocenters. The average Bonchev–Trinajstić information content (AvgIpc) is 2.66. The number of ether oxygens (including phenoxy) is 1. The topological polar surface area (TPSA) is 87.0 Å². The molecule has 1 aliphatic rings. The number of Topliss-reactive ketones (excluding diaryl/α,β-unsaturated/α-hetero) is 1. The first kappa shape index (κ1) is 20.8. The number of fused-ring (bicyclic) bond motifs is 1. The number of carbonyl (C=O) groups excluding carboxylic acids is 1. The van der Waals surface area contributed by atoms with Crippen molar-refractivity contribution < 1.29 is 24.9 Å². The highest BCUT2D eigenvalue weighted by atomic mass is 16.5. The first-order valence-corrected chi connectivity index (χ1v) is 9.98. The van der Waals surface area contributed by atoms with Crippen LogP contribution in [-0.2, 0) is 6.42 Å². The molecule has 0 aliphatic carbocycles. The quantitative estimate of drug-likeness (QED) is 0.566. The van der Waals surface area contributed by atoms with Crippen molar-refractivity contribution >= 4 is 5.78 Å². The van der Waals surface area contributed by atoms with E-state index in [9.17, 15) is 20.1 Å². The standard InChI is InChI=1S/C24H28O5/c1-14(2)4-5-15(3)6-11-18-19(26)12-20(27)23-21(28)13-22(29-24(18)23)16-7-9-17(25)10-8-16/h6-10,12,14,22,25-27H,4-5,11,13H2,1-3H3/b15-6+/t22-/m0/s1. The number of phenols is 3. The van der Waals surface area contributed by atoms with Gasteiger partial charge in [0.1, 0.15) is 34.7 Å². The van der Waals surface area contributed by atoms with Crippen molar-refractivity contribution in [2.75, 3.05) is 0 Å².